The van der Waals surface area contributed by atoms with Crippen molar-refractivity contribution in [3.05, 3.63) is 52.7 Å². The van der Waals surface area contributed by atoms with Gasteiger partial charge < -0.3 is 10.6 Å². The molecule has 1 saturated carbocycles. The summed E-state index contributed by atoms with van der Waals surface area (Å²) in [5, 5.41) is 10.7. The lowest BCUT2D eigenvalue weighted by molar-refractivity contribution is -0.120. The SMILES string of the molecule is Cc1cc(C)n2ncc(C(=O)NC3CCC(C(=O)Nc4cnccc4Cl)CC3)c2n1. The van der Waals surface area contributed by atoms with E-state index in [2.05, 4.69) is 25.7 Å². The maximum absolute atomic E-state index is 12.8. The minimum atomic E-state index is -0.183. The minimum absolute atomic E-state index is 0.0180. The number of aromatic nitrogens is 4. The molecule has 2 amide bonds. The number of anilines is 1. The highest BCUT2D eigenvalue weighted by Gasteiger charge is 2.28. The third kappa shape index (κ3) is 4.14. The molecule has 30 heavy (non-hydrogen) atoms. The summed E-state index contributed by atoms with van der Waals surface area (Å²) in [5.74, 6) is -0.358. The van der Waals surface area contributed by atoms with Gasteiger partial charge in [-0.3, -0.25) is 14.6 Å². The molecule has 1 aliphatic carbocycles. The van der Waals surface area contributed by atoms with Crippen LogP contribution in [0.3, 0.4) is 0 Å². The molecule has 0 bridgehead atoms. The van der Waals surface area contributed by atoms with Gasteiger partial charge in [0.05, 0.1) is 23.1 Å². The van der Waals surface area contributed by atoms with Crippen molar-refractivity contribution in [1.29, 1.82) is 0 Å². The zero-order chi connectivity index (χ0) is 21.3. The van der Waals surface area contributed by atoms with Crippen molar-refractivity contribution in [1.82, 2.24) is 24.9 Å². The Labute approximate surface area is 179 Å². The van der Waals surface area contributed by atoms with E-state index in [4.69, 9.17) is 11.6 Å². The second-order valence-electron chi connectivity index (χ2n) is 7.70. The van der Waals surface area contributed by atoms with Crippen LogP contribution >= 0.6 is 11.6 Å². The normalized spacial score (nSPS) is 18.9. The number of hydrogen-bond acceptors (Lipinski definition) is 5. The van der Waals surface area contributed by atoms with Gasteiger partial charge in [0, 0.05) is 29.5 Å². The maximum atomic E-state index is 12.8. The van der Waals surface area contributed by atoms with Gasteiger partial charge in [-0.2, -0.15) is 5.10 Å². The first-order valence-electron chi connectivity index (χ1n) is 9.95. The number of carbonyl (C=O) groups excluding carboxylic acids is 2. The number of fused-ring (bicyclic) bond motifs is 1. The van der Waals surface area contributed by atoms with Gasteiger partial charge in [-0.05, 0) is 51.7 Å². The number of aryl methyl sites for hydroxylation is 2. The van der Waals surface area contributed by atoms with E-state index in [1.165, 1.54) is 0 Å². The van der Waals surface area contributed by atoms with Crippen LogP contribution in [0.4, 0.5) is 5.69 Å². The quantitative estimate of drug-likeness (QED) is 0.666. The predicted molar refractivity (Wildman–Crippen MR) is 114 cm³/mol. The minimum Gasteiger partial charge on any atom is -0.349 e. The molecule has 0 atom stereocenters. The van der Waals surface area contributed by atoms with Crippen LogP contribution in [0.15, 0.2) is 30.7 Å². The summed E-state index contributed by atoms with van der Waals surface area (Å²) in [6.07, 6.45) is 7.53. The molecule has 9 heteroatoms. The first-order chi connectivity index (χ1) is 14.4. The Bertz CT molecular complexity index is 1100. The fourth-order valence-corrected chi connectivity index (χ4v) is 4.05. The summed E-state index contributed by atoms with van der Waals surface area (Å²) in [6.45, 7) is 3.83. The lowest BCUT2D eigenvalue weighted by Crippen LogP contribution is -2.39. The van der Waals surface area contributed by atoms with Gasteiger partial charge >= 0.3 is 0 Å². The van der Waals surface area contributed by atoms with E-state index in [1.54, 1.807) is 29.2 Å². The molecule has 4 rings (SSSR count). The molecule has 156 valence electrons. The summed E-state index contributed by atoms with van der Waals surface area (Å²) in [7, 11) is 0. The molecule has 3 aromatic rings. The van der Waals surface area contributed by atoms with Gasteiger partial charge in [0.15, 0.2) is 5.65 Å². The highest BCUT2D eigenvalue weighted by atomic mass is 35.5. The fraction of sp³-hybridized carbons (Fsp3) is 0.381. The summed E-state index contributed by atoms with van der Waals surface area (Å²) >= 11 is 6.08. The van der Waals surface area contributed by atoms with Crippen LogP contribution in [0.2, 0.25) is 5.02 Å². The number of hydrogen-bond donors (Lipinski definition) is 2. The first-order valence-corrected chi connectivity index (χ1v) is 10.3. The van der Waals surface area contributed by atoms with Crippen LogP contribution in [0.25, 0.3) is 5.65 Å². The van der Waals surface area contributed by atoms with E-state index in [1.807, 2.05) is 19.9 Å². The smallest absolute Gasteiger partial charge is 0.256 e. The highest BCUT2D eigenvalue weighted by Crippen LogP contribution is 2.27. The Morgan fingerprint density at radius 1 is 1.17 bits per heavy atom. The van der Waals surface area contributed by atoms with E-state index < -0.39 is 0 Å². The summed E-state index contributed by atoms with van der Waals surface area (Å²) in [6, 6.07) is 3.58. The molecule has 0 unspecified atom stereocenters. The van der Waals surface area contributed by atoms with Crippen molar-refractivity contribution in [3.63, 3.8) is 0 Å². The molecule has 0 aliphatic heterocycles. The molecular weight excluding hydrogens is 404 g/mol. The lowest BCUT2D eigenvalue weighted by atomic mass is 9.85. The van der Waals surface area contributed by atoms with Crippen molar-refractivity contribution < 1.29 is 9.59 Å². The van der Waals surface area contributed by atoms with E-state index in [9.17, 15) is 9.59 Å². The van der Waals surface area contributed by atoms with Gasteiger partial charge in [-0.1, -0.05) is 11.6 Å². The second kappa shape index (κ2) is 8.39. The van der Waals surface area contributed by atoms with Gasteiger partial charge in [-0.25, -0.2) is 9.50 Å². The monoisotopic (exact) mass is 426 g/mol. The highest BCUT2D eigenvalue weighted by molar-refractivity contribution is 6.33. The number of halogens is 1. The topological polar surface area (TPSA) is 101 Å². The number of nitrogens with one attached hydrogen (secondary N) is 2. The Morgan fingerprint density at radius 2 is 1.93 bits per heavy atom. The Morgan fingerprint density at radius 3 is 2.67 bits per heavy atom. The number of nitrogens with zero attached hydrogens (tertiary/aromatic N) is 4. The largest absolute Gasteiger partial charge is 0.349 e. The van der Waals surface area contributed by atoms with Crippen LogP contribution in [0.1, 0.15) is 47.4 Å². The van der Waals surface area contributed by atoms with Gasteiger partial charge in [0.1, 0.15) is 5.56 Å². The number of pyridine rings is 1. The molecule has 0 aromatic carbocycles. The van der Waals surface area contributed by atoms with E-state index in [0.717, 1.165) is 24.2 Å². The first kappa shape index (κ1) is 20.3. The van der Waals surface area contributed by atoms with E-state index in [0.29, 0.717) is 34.8 Å². The van der Waals surface area contributed by atoms with Crippen LogP contribution in [-0.2, 0) is 4.79 Å². The number of rotatable bonds is 4. The molecule has 1 aliphatic rings. The predicted octanol–water partition coefficient (Wildman–Crippen LogP) is 3.32. The Hall–Kier alpha value is -3.00. The van der Waals surface area contributed by atoms with E-state index in [-0.39, 0.29) is 23.8 Å². The number of carbonyl (C=O) groups is 2. The third-order valence-electron chi connectivity index (χ3n) is 5.48. The van der Waals surface area contributed by atoms with Crippen molar-refractivity contribution in [2.75, 3.05) is 5.32 Å². The average molecular weight is 427 g/mol. The fourth-order valence-electron chi connectivity index (χ4n) is 3.90. The van der Waals surface area contributed by atoms with Crippen molar-refractivity contribution >= 4 is 34.7 Å². The van der Waals surface area contributed by atoms with Crippen molar-refractivity contribution in [2.24, 2.45) is 5.92 Å². The molecule has 2 N–H and O–H groups in total. The molecule has 8 nitrogen and oxygen atoms in total. The Kier molecular flexibility index (Phi) is 5.67. The van der Waals surface area contributed by atoms with E-state index >= 15 is 0 Å². The summed E-state index contributed by atoms with van der Waals surface area (Å²) in [5.41, 5.74) is 3.32. The second-order valence-corrected chi connectivity index (χ2v) is 8.11. The summed E-state index contributed by atoms with van der Waals surface area (Å²) < 4.78 is 1.67. The van der Waals surface area contributed by atoms with Crippen LogP contribution < -0.4 is 10.6 Å². The lowest BCUT2D eigenvalue weighted by Gasteiger charge is -2.28. The molecule has 0 radical (unpaired) electrons. The summed E-state index contributed by atoms with van der Waals surface area (Å²) in [4.78, 5) is 33.8. The van der Waals surface area contributed by atoms with Crippen molar-refractivity contribution in [2.45, 2.75) is 45.6 Å². The number of amides is 2. The van der Waals surface area contributed by atoms with Gasteiger partial charge in [-0.15, -0.1) is 0 Å². The molecular formula is C21H23ClN6O2. The molecule has 0 saturated heterocycles. The third-order valence-corrected chi connectivity index (χ3v) is 5.81. The van der Waals surface area contributed by atoms with Crippen molar-refractivity contribution in [3.8, 4) is 0 Å². The molecule has 0 spiro atoms. The zero-order valence-corrected chi connectivity index (χ0v) is 17.6. The van der Waals surface area contributed by atoms with Gasteiger partial charge in [0.25, 0.3) is 5.91 Å². The van der Waals surface area contributed by atoms with Crippen LogP contribution in [0, 0.1) is 19.8 Å². The molecule has 3 heterocycles. The van der Waals surface area contributed by atoms with Crippen LogP contribution in [-0.4, -0.2) is 37.4 Å². The van der Waals surface area contributed by atoms with Gasteiger partial charge in [0.2, 0.25) is 5.91 Å². The van der Waals surface area contributed by atoms with Crippen LogP contribution in [0.5, 0.6) is 0 Å². The average Bonchev–Trinajstić information content (AvgIpc) is 3.14. The molecule has 1 fully saturated rings. The molecule has 3 aromatic heterocycles. The standard InChI is InChI=1S/C21H23ClN6O2/c1-12-9-13(2)28-19(25-12)16(10-24-28)21(30)26-15-5-3-14(4-6-15)20(29)27-18-11-23-8-7-17(18)22/h7-11,14-15H,3-6H2,1-2H3,(H,26,30)(H,27,29). The maximum Gasteiger partial charge on any atom is 0.256 e. The Balaban J connectivity index is 1.35. The zero-order valence-electron chi connectivity index (χ0n) is 16.9.